The van der Waals surface area contributed by atoms with Gasteiger partial charge in [0, 0.05) is 0 Å². The van der Waals surface area contributed by atoms with Gasteiger partial charge in [-0.25, -0.2) is 0 Å². The molecule has 0 aliphatic carbocycles. The van der Waals surface area contributed by atoms with Crippen LogP contribution < -0.4 is 8.79 Å². The van der Waals surface area contributed by atoms with Crippen molar-refractivity contribution in [2.24, 2.45) is 0 Å². The van der Waals surface area contributed by atoms with Gasteiger partial charge in [-0.05, 0) is 0 Å². The van der Waals surface area contributed by atoms with Crippen molar-refractivity contribution in [1.29, 1.82) is 0 Å². The van der Waals surface area contributed by atoms with Gasteiger partial charge in [-0.1, -0.05) is 0 Å². The summed E-state index contributed by atoms with van der Waals surface area (Å²) in [6.45, 7) is 0. The van der Waals surface area contributed by atoms with Crippen LogP contribution in [0.1, 0.15) is 57.8 Å². The van der Waals surface area contributed by atoms with Gasteiger partial charge in [0.15, 0.2) is 0 Å². The standard InChI is InChI=1S/C24H33GeO2/c1-27-24(26)20-14-6-4-2-3-5-7-15-21-25(22-16-10-8-11-17-22)23-18-12-9-13-19-23/h8-13,16-19H,2-7,14-15,20-21H2,1H3. The van der Waals surface area contributed by atoms with E-state index in [0.29, 0.717) is 6.42 Å². The van der Waals surface area contributed by atoms with Crippen LogP contribution in [0.3, 0.4) is 0 Å². The topological polar surface area (TPSA) is 26.3 Å². The Labute approximate surface area is 169 Å². The van der Waals surface area contributed by atoms with Gasteiger partial charge < -0.3 is 0 Å². The van der Waals surface area contributed by atoms with E-state index in [1.54, 1.807) is 8.79 Å². The third-order valence-electron chi connectivity index (χ3n) is 5.03. The first-order chi connectivity index (χ1) is 13.3. The summed E-state index contributed by atoms with van der Waals surface area (Å²) < 4.78 is 7.85. The van der Waals surface area contributed by atoms with Crippen molar-refractivity contribution in [2.75, 3.05) is 7.11 Å². The van der Waals surface area contributed by atoms with Crippen LogP contribution in [0.4, 0.5) is 0 Å². The monoisotopic (exact) mass is 427 g/mol. The van der Waals surface area contributed by atoms with E-state index in [0.717, 1.165) is 12.8 Å². The molecule has 2 nitrogen and oxygen atoms in total. The SMILES string of the molecule is COC(=O)CCCCCCCCC[CH2][Ge]([c]1ccccc1)[c]1ccccc1. The second-order valence-corrected chi connectivity index (χ2v) is 12.6. The van der Waals surface area contributed by atoms with Crippen molar-refractivity contribution < 1.29 is 9.53 Å². The van der Waals surface area contributed by atoms with Gasteiger partial charge in [-0.15, -0.1) is 0 Å². The molecule has 0 amide bonds. The molecule has 0 fully saturated rings. The Bertz CT molecular complexity index is 588. The molecule has 0 heterocycles. The summed E-state index contributed by atoms with van der Waals surface area (Å²) in [7, 11) is 1.46. The fraction of sp³-hybridized carbons (Fsp3) is 0.458. The van der Waals surface area contributed by atoms with E-state index >= 15 is 0 Å². The Kier molecular flexibility index (Phi) is 11.0. The maximum absolute atomic E-state index is 11.1. The van der Waals surface area contributed by atoms with E-state index in [9.17, 15) is 4.79 Å². The van der Waals surface area contributed by atoms with Gasteiger partial charge in [0.05, 0.1) is 7.11 Å². The summed E-state index contributed by atoms with van der Waals surface area (Å²) in [5.41, 5.74) is 0. The minimum atomic E-state index is -1.40. The van der Waals surface area contributed by atoms with Crippen LogP contribution in [0.5, 0.6) is 0 Å². The molecule has 2 aromatic carbocycles. The molecule has 0 saturated carbocycles. The van der Waals surface area contributed by atoms with E-state index in [4.69, 9.17) is 0 Å². The molecule has 0 saturated heterocycles. The molecule has 145 valence electrons. The molecule has 2 aromatic rings. The molecule has 27 heavy (non-hydrogen) atoms. The van der Waals surface area contributed by atoms with Gasteiger partial charge in [-0.2, -0.15) is 0 Å². The Morgan fingerprint density at radius 1 is 0.704 bits per heavy atom. The summed E-state index contributed by atoms with van der Waals surface area (Å²) in [5.74, 6) is -0.0774. The van der Waals surface area contributed by atoms with Gasteiger partial charge in [-0.3, -0.25) is 0 Å². The number of methoxy groups -OCH3 is 1. The molecule has 0 N–H and O–H groups in total. The van der Waals surface area contributed by atoms with Gasteiger partial charge in [0.25, 0.3) is 0 Å². The van der Waals surface area contributed by atoms with E-state index in [1.165, 1.54) is 50.9 Å². The Morgan fingerprint density at radius 2 is 1.15 bits per heavy atom. The minimum absolute atomic E-state index is 0.0774. The second-order valence-electron chi connectivity index (χ2n) is 7.12. The van der Waals surface area contributed by atoms with Crippen molar-refractivity contribution in [3.05, 3.63) is 60.7 Å². The molecular formula is C24H33GeO2. The molecule has 0 spiro atoms. The number of benzene rings is 2. The average Bonchev–Trinajstić information content (AvgIpc) is 2.73. The zero-order valence-electron chi connectivity index (χ0n) is 16.7. The van der Waals surface area contributed by atoms with E-state index < -0.39 is 14.3 Å². The zero-order valence-corrected chi connectivity index (χ0v) is 18.8. The third kappa shape index (κ3) is 8.79. The Hall–Kier alpha value is -1.55. The van der Waals surface area contributed by atoms with E-state index in [1.807, 2.05) is 0 Å². The first-order valence-corrected chi connectivity index (χ1v) is 13.9. The molecule has 0 bridgehead atoms. The summed E-state index contributed by atoms with van der Waals surface area (Å²) in [6, 6.07) is 22.3. The number of carbonyl (C=O) groups excluding carboxylic acids is 1. The van der Waals surface area contributed by atoms with E-state index in [-0.39, 0.29) is 5.97 Å². The van der Waals surface area contributed by atoms with Crippen LogP contribution in [0.25, 0.3) is 0 Å². The van der Waals surface area contributed by atoms with E-state index in [2.05, 4.69) is 65.4 Å². The predicted octanol–water partition coefficient (Wildman–Crippen LogP) is 4.98. The van der Waals surface area contributed by atoms with Crippen LogP contribution in [-0.2, 0) is 9.53 Å². The predicted molar refractivity (Wildman–Crippen MR) is 116 cm³/mol. The van der Waals surface area contributed by atoms with Crippen LogP contribution in [0.15, 0.2) is 60.7 Å². The van der Waals surface area contributed by atoms with Gasteiger partial charge in [0.2, 0.25) is 0 Å². The second kappa shape index (κ2) is 13.6. The zero-order chi connectivity index (χ0) is 19.2. The molecule has 1 radical (unpaired) electrons. The van der Waals surface area contributed by atoms with Crippen molar-refractivity contribution in [3.63, 3.8) is 0 Å². The number of hydrogen-bond acceptors (Lipinski definition) is 2. The van der Waals surface area contributed by atoms with Crippen molar-refractivity contribution >= 4 is 29.1 Å². The fourth-order valence-corrected chi connectivity index (χ4v) is 9.14. The normalized spacial score (nSPS) is 10.9. The van der Waals surface area contributed by atoms with Crippen LogP contribution in [-0.4, -0.2) is 27.4 Å². The number of ether oxygens (including phenoxy) is 1. The molecule has 0 aliphatic heterocycles. The number of rotatable bonds is 13. The fourth-order valence-electron chi connectivity index (χ4n) is 3.47. The summed E-state index contributed by atoms with van der Waals surface area (Å²) in [5, 5.41) is 1.38. The summed E-state index contributed by atoms with van der Waals surface area (Å²) >= 11 is -1.40. The molecule has 0 unspecified atom stereocenters. The van der Waals surface area contributed by atoms with Crippen molar-refractivity contribution in [1.82, 2.24) is 0 Å². The van der Waals surface area contributed by atoms with Crippen molar-refractivity contribution in [3.8, 4) is 0 Å². The molecule has 2 rings (SSSR count). The van der Waals surface area contributed by atoms with Crippen molar-refractivity contribution in [2.45, 2.75) is 63.0 Å². The Balaban J connectivity index is 1.63. The first-order valence-electron chi connectivity index (χ1n) is 10.3. The van der Waals surface area contributed by atoms with Crippen LogP contribution >= 0.6 is 0 Å². The van der Waals surface area contributed by atoms with Crippen LogP contribution in [0, 0.1) is 0 Å². The first kappa shape index (κ1) is 21.7. The number of esters is 1. The third-order valence-corrected chi connectivity index (χ3v) is 11.1. The average molecular weight is 426 g/mol. The number of unbranched alkanes of at least 4 members (excludes halogenated alkanes) is 7. The molecule has 0 atom stereocenters. The number of carbonyl (C=O) groups is 1. The Morgan fingerprint density at radius 3 is 1.63 bits per heavy atom. The van der Waals surface area contributed by atoms with Gasteiger partial charge >= 0.3 is 162 Å². The molecule has 0 aromatic heterocycles. The molecule has 0 aliphatic rings. The van der Waals surface area contributed by atoms with Gasteiger partial charge in [0.1, 0.15) is 0 Å². The van der Waals surface area contributed by atoms with Crippen LogP contribution in [0.2, 0.25) is 5.25 Å². The number of hydrogen-bond donors (Lipinski definition) is 0. The quantitative estimate of drug-likeness (QED) is 0.257. The molecular weight excluding hydrogens is 393 g/mol. The maximum atomic E-state index is 11.1. The summed E-state index contributed by atoms with van der Waals surface area (Å²) in [4.78, 5) is 11.1. The summed E-state index contributed by atoms with van der Waals surface area (Å²) in [6.07, 6.45) is 10.6. The molecule has 3 heteroatoms.